The first-order valence-corrected chi connectivity index (χ1v) is 6.87. The standard InChI is InChI=1S/C17H21NO/c1-4-9-18(12-15-7-8-15)17(19)11-16-6-5-13(2)14(3)10-16/h1,5-6,10,15H,7-9,11-12H2,2-3H3. The molecule has 1 saturated carbocycles. The van der Waals surface area contributed by atoms with E-state index in [0.29, 0.717) is 18.9 Å². The molecule has 0 saturated heterocycles. The normalized spacial score (nSPS) is 13.9. The molecule has 100 valence electrons. The van der Waals surface area contributed by atoms with Gasteiger partial charge in [-0.15, -0.1) is 6.42 Å². The Morgan fingerprint density at radius 3 is 2.68 bits per heavy atom. The lowest BCUT2D eigenvalue weighted by molar-refractivity contribution is -0.130. The highest BCUT2D eigenvalue weighted by atomic mass is 16.2. The van der Waals surface area contributed by atoms with Crippen LogP contribution in [0.3, 0.4) is 0 Å². The molecular formula is C17H21NO. The highest BCUT2D eigenvalue weighted by Crippen LogP contribution is 2.29. The molecule has 1 aromatic rings. The second-order valence-corrected chi connectivity index (χ2v) is 5.52. The fourth-order valence-corrected chi connectivity index (χ4v) is 2.18. The summed E-state index contributed by atoms with van der Waals surface area (Å²) in [7, 11) is 0. The van der Waals surface area contributed by atoms with E-state index in [9.17, 15) is 4.79 Å². The molecule has 0 bridgehead atoms. The number of carbonyl (C=O) groups is 1. The molecular weight excluding hydrogens is 234 g/mol. The lowest BCUT2D eigenvalue weighted by atomic mass is 10.0. The zero-order valence-electron chi connectivity index (χ0n) is 11.8. The van der Waals surface area contributed by atoms with Gasteiger partial charge in [0.2, 0.25) is 5.91 Å². The summed E-state index contributed by atoms with van der Waals surface area (Å²) in [6.45, 7) is 5.42. The molecule has 0 atom stereocenters. The topological polar surface area (TPSA) is 20.3 Å². The minimum absolute atomic E-state index is 0.146. The van der Waals surface area contributed by atoms with Gasteiger partial charge in [0.05, 0.1) is 13.0 Å². The molecule has 2 nitrogen and oxygen atoms in total. The van der Waals surface area contributed by atoms with E-state index in [2.05, 4.69) is 31.9 Å². The van der Waals surface area contributed by atoms with Crippen molar-refractivity contribution in [1.82, 2.24) is 4.90 Å². The van der Waals surface area contributed by atoms with Crippen LogP contribution >= 0.6 is 0 Å². The van der Waals surface area contributed by atoms with Crippen LogP contribution in [-0.2, 0) is 11.2 Å². The van der Waals surface area contributed by atoms with Gasteiger partial charge in [0.15, 0.2) is 0 Å². The van der Waals surface area contributed by atoms with Crippen LogP contribution in [0.4, 0.5) is 0 Å². The summed E-state index contributed by atoms with van der Waals surface area (Å²) in [6, 6.07) is 6.20. The number of rotatable bonds is 5. The van der Waals surface area contributed by atoms with Crippen LogP contribution in [0.5, 0.6) is 0 Å². The fraction of sp³-hybridized carbons (Fsp3) is 0.471. The minimum atomic E-state index is 0.146. The van der Waals surface area contributed by atoms with Crippen molar-refractivity contribution in [2.45, 2.75) is 33.1 Å². The number of benzene rings is 1. The Balaban J connectivity index is 2.00. The lowest BCUT2D eigenvalue weighted by Gasteiger charge is -2.20. The van der Waals surface area contributed by atoms with Gasteiger partial charge in [-0.25, -0.2) is 0 Å². The highest BCUT2D eigenvalue weighted by molar-refractivity contribution is 5.79. The molecule has 1 aliphatic rings. The minimum Gasteiger partial charge on any atom is -0.331 e. The van der Waals surface area contributed by atoms with Crippen molar-refractivity contribution < 1.29 is 4.79 Å². The van der Waals surface area contributed by atoms with Crippen molar-refractivity contribution in [3.05, 3.63) is 34.9 Å². The number of amides is 1. The van der Waals surface area contributed by atoms with Gasteiger partial charge in [-0.05, 0) is 49.3 Å². The van der Waals surface area contributed by atoms with E-state index in [-0.39, 0.29) is 5.91 Å². The summed E-state index contributed by atoms with van der Waals surface area (Å²) in [6.07, 6.45) is 8.28. The molecule has 2 heteroatoms. The Labute approximate surface area is 115 Å². The molecule has 0 radical (unpaired) electrons. The summed E-state index contributed by atoms with van der Waals surface area (Å²) in [5.41, 5.74) is 3.57. The average Bonchev–Trinajstić information content (AvgIpc) is 3.17. The van der Waals surface area contributed by atoms with E-state index < -0.39 is 0 Å². The number of carbonyl (C=O) groups excluding carboxylic acids is 1. The van der Waals surface area contributed by atoms with E-state index in [4.69, 9.17) is 6.42 Å². The summed E-state index contributed by atoms with van der Waals surface area (Å²) in [4.78, 5) is 14.1. The molecule has 0 aliphatic heterocycles. The maximum Gasteiger partial charge on any atom is 0.227 e. The van der Waals surface area contributed by atoms with Crippen LogP contribution in [0.2, 0.25) is 0 Å². The van der Waals surface area contributed by atoms with Crippen LogP contribution in [0, 0.1) is 32.1 Å². The number of hydrogen-bond acceptors (Lipinski definition) is 1. The van der Waals surface area contributed by atoms with E-state index in [0.717, 1.165) is 12.1 Å². The van der Waals surface area contributed by atoms with Gasteiger partial charge < -0.3 is 4.90 Å². The molecule has 1 amide bonds. The highest BCUT2D eigenvalue weighted by Gasteiger charge is 2.26. The van der Waals surface area contributed by atoms with Crippen molar-refractivity contribution in [3.63, 3.8) is 0 Å². The summed E-state index contributed by atoms with van der Waals surface area (Å²) in [5, 5.41) is 0. The second-order valence-electron chi connectivity index (χ2n) is 5.52. The monoisotopic (exact) mass is 255 g/mol. The summed E-state index contributed by atoms with van der Waals surface area (Å²) in [5.74, 6) is 3.42. The number of nitrogens with zero attached hydrogens (tertiary/aromatic N) is 1. The first-order chi connectivity index (χ1) is 9.10. The first kappa shape index (κ1) is 13.7. The van der Waals surface area contributed by atoms with E-state index >= 15 is 0 Å². The van der Waals surface area contributed by atoms with Crippen LogP contribution in [0.1, 0.15) is 29.5 Å². The Kier molecular flexibility index (Phi) is 4.27. The molecule has 1 aliphatic carbocycles. The van der Waals surface area contributed by atoms with Gasteiger partial charge in [-0.2, -0.15) is 0 Å². The SMILES string of the molecule is C#CCN(CC1CC1)C(=O)Cc1ccc(C)c(C)c1. The van der Waals surface area contributed by atoms with Crippen LogP contribution in [0.25, 0.3) is 0 Å². The first-order valence-electron chi connectivity index (χ1n) is 6.87. The average molecular weight is 255 g/mol. The molecule has 0 spiro atoms. The Hall–Kier alpha value is -1.75. The van der Waals surface area contributed by atoms with Gasteiger partial charge >= 0.3 is 0 Å². The van der Waals surface area contributed by atoms with Gasteiger partial charge in [0.1, 0.15) is 0 Å². The van der Waals surface area contributed by atoms with E-state index in [1.165, 1.54) is 24.0 Å². The van der Waals surface area contributed by atoms with Crippen molar-refractivity contribution in [2.75, 3.05) is 13.1 Å². The predicted octanol–water partition coefficient (Wildman–Crippen LogP) is 2.72. The van der Waals surface area contributed by atoms with Crippen LogP contribution < -0.4 is 0 Å². The largest absolute Gasteiger partial charge is 0.331 e. The van der Waals surface area contributed by atoms with Gasteiger partial charge in [0, 0.05) is 6.54 Å². The fourth-order valence-electron chi connectivity index (χ4n) is 2.18. The third-order valence-corrected chi connectivity index (χ3v) is 3.74. The quantitative estimate of drug-likeness (QED) is 0.741. The summed E-state index contributed by atoms with van der Waals surface area (Å²) < 4.78 is 0. The van der Waals surface area contributed by atoms with Gasteiger partial charge in [-0.1, -0.05) is 24.1 Å². The molecule has 0 N–H and O–H groups in total. The molecule has 1 fully saturated rings. The van der Waals surface area contributed by atoms with Crippen LogP contribution in [0.15, 0.2) is 18.2 Å². The third kappa shape index (κ3) is 3.86. The van der Waals surface area contributed by atoms with Crippen molar-refractivity contribution in [3.8, 4) is 12.3 Å². The Bertz CT molecular complexity index is 508. The van der Waals surface area contributed by atoms with E-state index in [1.807, 2.05) is 11.0 Å². The zero-order valence-corrected chi connectivity index (χ0v) is 11.8. The molecule has 2 rings (SSSR count). The third-order valence-electron chi connectivity index (χ3n) is 3.74. The maximum atomic E-state index is 12.3. The van der Waals surface area contributed by atoms with Crippen molar-refractivity contribution in [1.29, 1.82) is 0 Å². The molecule has 19 heavy (non-hydrogen) atoms. The van der Waals surface area contributed by atoms with Gasteiger partial charge in [-0.3, -0.25) is 4.79 Å². The number of hydrogen-bond donors (Lipinski definition) is 0. The van der Waals surface area contributed by atoms with Crippen molar-refractivity contribution >= 4 is 5.91 Å². The molecule has 0 unspecified atom stereocenters. The smallest absolute Gasteiger partial charge is 0.227 e. The molecule has 0 aromatic heterocycles. The predicted molar refractivity (Wildman–Crippen MR) is 77.8 cm³/mol. The summed E-state index contributed by atoms with van der Waals surface area (Å²) >= 11 is 0. The number of terminal acetylenes is 1. The Morgan fingerprint density at radius 1 is 1.37 bits per heavy atom. The Morgan fingerprint density at radius 2 is 2.11 bits per heavy atom. The molecule has 0 heterocycles. The van der Waals surface area contributed by atoms with Crippen molar-refractivity contribution in [2.24, 2.45) is 5.92 Å². The number of aryl methyl sites for hydroxylation is 2. The lowest BCUT2D eigenvalue weighted by Crippen LogP contribution is -2.34. The van der Waals surface area contributed by atoms with Gasteiger partial charge in [0.25, 0.3) is 0 Å². The maximum absolute atomic E-state index is 12.3. The van der Waals surface area contributed by atoms with E-state index in [1.54, 1.807) is 0 Å². The van der Waals surface area contributed by atoms with Crippen LogP contribution in [-0.4, -0.2) is 23.9 Å². The zero-order chi connectivity index (χ0) is 13.8. The molecule has 1 aromatic carbocycles. The second kappa shape index (κ2) is 5.93.